The van der Waals surface area contributed by atoms with Crippen LogP contribution in [0.4, 0.5) is 8.78 Å². The minimum Gasteiger partial charge on any atom is -0.384 e. The molecule has 78 valence electrons. The van der Waals surface area contributed by atoms with E-state index in [-0.39, 0.29) is 12.8 Å². The minimum atomic E-state index is -1.84. The second kappa shape index (κ2) is 2.01. The maximum atomic E-state index is 13.7. The number of halogens is 2. The van der Waals surface area contributed by atoms with E-state index < -0.39 is 35.1 Å². The monoisotopic (exact) mass is 204 g/mol. The summed E-state index contributed by atoms with van der Waals surface area (Å²) in [6.45, 7) is 0. The number of hydrogen-bond acceptors (Lipinski definition) is 3. The van der Waals surface area contributed by atoms with E-state index in [1.165, 1.54) is 7.85 Å². The summed E-state index contributed by atoms with van der Waals surface area (Å²) in [5.41, 5.74) is -5.32. The molecule has 1 heterocycles. The van der Waals surface area contributed by atoms with Crippen molar-refractivity contribution in [1.82, 2.24) is 0 Å². The zero-order valence-electron chi connectivity index (χ0n) is 7.70. The molecule has 3 rings (SSSR count). The zero-order chi connectivity index (χ0) is 10.4. The molecule has 3 aliphatic rings. The molecule has 0 unspecified atom stereocenters. The molecule has 3 fully saturated rings. The molecule has 2 aliphatic carbocycles. The summed E-state index contributed by atoms with van der Waals surface area (Å²) in [4.78, 5) is 0. The summed E-state index contributed by atoms with van der Waals surface area (Å²) in [5, 5.41) is 19.7. The standard InChI is InChI=1S/C8H11BF2O3/c9-4-3(10)7(12)1-6(11)2-8(6,13)5(7)14-4/h3-5,12-13H,1-2,9H2/t3-,4+,5-,6-,7-,8-/m0/s1. The van der Waals surface area contributed by atoms with Crippen molar-refractivity contribution < 1.29 is 23.7 Å². The second-order valence-corrected chi connectivity index (χ2v) is 4.86. The lowest BCUT2D eigenvalue weighted by Crippen LogP contribution is -2.47. The van der Waals surface area contributed by atoms with E-state index >= 15 is 0 Å². The highest BCUT2D eigenvalue weighted by molar-refractivity contribution is 6.11. The van der Waals surface area contributed by atoms with Gasteiger partial charge in [0.15, 0.2) is 0 Å². The minimum absolute atomic E-state index is 0.0492. The molecular weight excluding hydrogens is 193 g/mol. The van der Waals surface area contributed by atoms with Gasteiger partial charge in [0.25, 0.3) is 0 Å². The Morgan fingerprint density at radius 2 is 2.00 bits per heavy atom. The molecule has 0 spiro atoms. The Kier molecular flexibility index (Phi) is 1.30. The molecule has 2 N–H and O–H groups in total. The summed E-state index contributed by atoms with van der Waals surface area (Å²) in [6.07, 6.45) is -3.12. The first-order valence-corrected chi connectivity index (χ1v) is 4.77. The van der Waals surface area contributed by atoms with Crippen molar-refractivity contribution >= 4 is 7.85 Å². The van der Waals surface area contributed by atoms with Gasteiger partial charge in [0.2, 0.25) is 0 Å². The van der Waals surface area contributed by atoms with Gasteiger partial charge < -0.3 is 14.9 Å². The van der Waals surface area contributed by atoms with Gasteiger partial charge in [-0.15, -0.1) is 0 Å². The van der Waals surface area contributed by atoms with E-state index in [9.17, 15) is 19.0 Å². The Hall–Kier alpha value is -0.195. The van der Waals surface area contributed by atoms with Crippen LogP contribution in [0.25, 0.3) is 0 Å². The molecule has 0 aromatic rings. The topological polar surface area (TPSA) is 49.7 Å². The zero-order valence-corrected chi connectivity index (χ0v) is 7.70. The van der Waals surface area contributed by atoms with E-state index in [4.69, 9.17) is 4.74 Å². The highest BCUT2D eigenvalue weighted by atomic mass is 19.1. The van der Waals surface area contributed by atoms with E-state index in [1.54, 1.807) is 0 Å². The van der Waals surface area contributed by atoms with Crippen LogP contribution in [0, 0.1) is 0 Å². The maximum Gasteiger partial charge on any atom is 0.150 e. The second-order valence-electron chi connectivity index (χ2n) is 4.86. The van der Waals surface area contributed by atoms with E-state index in [0.29, 0.717) is 0 Å². The Bertz CT molecular complexity index is 317. The van der Waals surface area contributed by atoms with Crippen LogP contribution in [0.1, 0.15) is 12.8 Å². The van der Waals surface area contributed by atoms with E-state index in [1.807, 2.05) is 0 Å². The van der Waals surface area contributed by atoms with Gasteiger partial charge in [0, 0.05) is 12.8 Å². The largest absolute Gasteiger partial charge is 0.384 e. The molecule has 14 heavy (non-hydrogen) atoms. The van der Waals surface area contributed by atoms with E-state index in [2.05, 4.69) is 0 Å². The number of ether oxygens (including phenoxy) is 1. The van der Waals surface area contributed by atoms with Crippen molar-refractivity contribution in [3.63, 3.8) is 0 Å². The van der Waals surface area contributed by atoms with Crippen LogP contribution in [0.15, 0.2) is 0 Å². The molecule has 6 atom stereocenters. The normalized spacial score (nSPS) is 70.4. The first kappa shape index (κ1) is 9.06. The number of hydrogen-bond donors (Lipinski definition) is 2. The van der Waals surface area contributed by atoms with Gasteiger partial charge in [-0.25, -0.2) is 8.78 Å². The number of aliphatic hydroxyl groups is 2. The SMILES string of the molecule is B[C@@H]1O[C@H]2[C@](O)(C[C@]3(F)C[C@]23O)[C@H]1F. The average Bonchev–Trinajstić information content (AvgIpc) is 2.46. The molecule has 0 bridgehead atoms. The maximum absolute atomic E-state index is 13.7. The summed E-state index contributed by atoms with van der Waals surface area (Å²) < 4.78 is 32.3. The van der Waals surface area contributed by atoms with Gasteiger partial charge in [-0.05, 0) is 0 Å². The fourth-order valence-electron chi connectivity index (χ4n) is 3.04. The molecule has 1 saturated heterocycles. The Labute approximate surface area is 80.5 Å². The fraction of sp³-hybridized carbons (Fsp3) is 1.00. The Morgan fingerprint density at radius 3 is 2.57 bits per heavy atom. The molecule has 6 heteroatoms. The molecule has 0 radical (unpaired) electrons. The molecule has 0 aromatic heterocycles. The van der Waals surface area contributed by atoms with Crippen LogP contribution >= 0.6 is 0 Å². The van der Waals surface area contributed by atoms with Gasteiger partial charge in [0.1, 0.15) is 37.0 Å². The van der Waals surface area contributed by atoms with Gasteiger partial charge in [-0.2, -0.15) is 0 Å². The molecular formula is C8H11BF2O3. The molecule has 0 amide bonds. The van der Waals surface area contributed by atoms with Crippen LogP contribution < -0.4 is 0 Å². The van der Waals surface area contributed by atoms with Crippen molar-refractivity contribution in [3.05, 3.63) is 0 Å². The van der Waals surface area contributed by atoms with Crippen molar-refractivity contribution in [1.29, 1.82) is 0 Å². The molecule has 1 aliphatic heterocycles. The smallest absolute Gasteiger partial charge is 0.150 e. The highest BCUT2D eigenvalue weighted by Crippen LogP contribution is 2.68. The Morgan fingerprint density at radius 1 is 1.36 bits per heavy atom. The van der Waals surface area contributed by atoms with Gasteiger partial charge in [-0.3, -0.25) is 0 Å². The van der Waals surface area contributed by atoms with Crippen LogP contribution in [0.2, 0.25) is 0 Å². The summed E-state index contributed by atoms with van der Waals surface area (Å²) in [5.74, 6) is 0. The fourth-order valence-corrected chi connectivity index (χ4v) is 3.04. The third kappa shape index (κ3) is 0.687. The number of alkyl halides is 2. The van der Waals surface area contributed by atoms with Gasteiger partial charge in [0.05, 0.1) is 6.00 Å². The van der Waals surface area contributed by atoms with Crippen molar-refractivity contribution in [2.75, 3.05) is 0 Å². The van der Waals surface area contributed by atoms with Crippen LogP contribution in [0.3, 0.4) is 0 Å². The summed E-state index contributed by atoms with van der Waals surface area (Å²) in [6, 6.07) is -0.779. The first-order valence-electron chi connectivity index (χ1n) is 4.77. The van der Waals surface area contributed by atoms with Crippen molar-refractivity contribution in [2.45, 2.75) is 48.0 Å². The van der Waals surface area contributed by atoms with Crippen LogP contribution in [-0.2, 0) is 4.74 Å². The lowest BCUT2D eigenvalue weighted by atomic mass is 9.84. The predicted octanol–water partition coefficient (Wildman–Crippen LogP) is -1.34. The molecule has 2 saturated carbocycles. The van der Waals surface area contributed by atoms with Crippen molar-refractivity contribution in [2.24, 2.45) is 0 Å². The van der Waals surface area contributed by atoms with Gasteiger partial charge >= 0.3 is 0 Å². The van der Waals surface area contributed by atoms with Crippen molar-refractivity contribution in [3.8, 4) is 0 Å². The van der Waals surface area contributed by atoms with Crippen LogP contribution in [0.5, 0.6) is 0 Å². The molecule has 0 aromatic carbocycles. The highest BCUT2D eigenvalue weighted by Gasteiger charge is 2.86. The van der Waals surface area contributed by atoms with E-state index in [0.717, 1.165) is 0 Å². The Balaban J connectivity index is 2.02. The van der Waals surface area contributed by atoms with Crippen LogP contribution in [-0.4, -0.2) is 53.2 Å². The lowest BCUT2D eigenvalue weighted by Gasteiger charge is -2.26. The third-order valence-corrected chi connectivity index (χ3v) is 3.89. The number of rotatable bonds is 0. The van der Waals surface area contributed by atoms with Gasteiger partial charge in [-0.1, -0.05) is 0 Å². The predicted molar refractivity (Wildman–Crippen MR) is 45.1 cm³/mol. The average molecular weight is 204 g/mol. The number of fused-ring (bicyclic) bond motifs is 3. The lowest BCUT2D eigenvalue weighted by molar-refractivity contribution is -0.0950. The quantitative estimate of drug-likeness (QED) is 0.480. The first-order chi connectivity index (χ1) is 6.33. The third-order valence-electron chi connectivity index (χ3n) is 3.89. The summed E-state index contributed by atoms with van der Waals surface area (Å²) >= 11 is 0. The molecule has 3 nitrogen and oxygen atoms in total. The summed E-state index contributed by atoms with van der Waals surface area (Å²) in [7, 11) is 1.48.